The second-order valence-electron chi connectivity index (χ2n) is 7.76. The Morgan fingerprint density at radius 1 is 1.11 bits per heavy atom. The van der Waals surface area contributed by atoms with Crippen molar-refractivity contribution < 1.29 is 9.21 Å². The van der Waals surface area contributed by atoms with Crippen LogP contribution in [0.3, 0.4) is 0 Å². The first-order valence-corrected chi connectivity index (χ1v) is 10.1. The Morgan fingerprint density at radius 2 is 1.79 bits per heavy atom. The van der Waals surface area contributed by atoms with Gasteiger partial charge in [-0.05, 0) is 64.0 Å². The van der Waals surface area contributed by atoms with E-state index in [4.69, 9.17) is 4.42 Å². The number of aromatic nitrogens is 1. The molecule has 0 radical (unpaired) electrons. The molecule has 5 heteroatoms. The summed E-state index contributed by atoms with van der Waals surface area (Å²) in [6, 6.07) is 18.0. The van der Waals surface area contributed by atoms with Crippen LogP contribution < -0.4 is 4.90 Å². The largest absolute Gasteiger partial charge is 0.440 e. The van der Waals surface area contributed by atoms with Crippen LogP contribution in [0.1, 0.15) is 38.5 Å². The van der Waals surface area contributed by atoms with Crippen LogP contribution in [-0.2, 0) is 4.79 Å². The van der Waals surface area contributed by atoms with Gasteiger partial charge in [0.25, 0.3) is 0 Å². The summed E-state index contributed by atoms with van der Waals surface area (Å²) in [6.07, 6.45) is 1.93. The van der Waals surface area contributed by atoms with Crippen LogP contribution >= 0.6 is 0 Å². The average molecular weight is 377 g/mol. The van der Waals surface area contributed by atoms with Crippen molar-refractivity contribution in [1.82, 2.24) is 9.88 Å². The summed E-state index contributed by atoms with van der Waals surface area (Å²) in [5, 5.41) is 0. The molecule has 1 saturated heterocycles. The van der Waals surface area contributed by atoms with Crippen molar-refractivity contribution in [1.29, 1.82) is 0 Å². The second-order valence-corrected chi connectivity index (χ2v) is 7.76. The van der Waals surface area contributed by atoms with Gasteiger partial charge >= 0.3 is 0 Å². The molecule has 1 aliphatic heterocycles. The van der Waals surface area contributed by atoms with Gasteiger partial charge in [0.1, 0.15) is 5.52 Å². The van der Waals surface area contributed by atoms with Crippen molar-refractivity contribution in [2.75, 3.05) is 24.5 Å². The van der Waals surface area contributed by atoms with Crippen molar-refractivity contribution in [3.63, 3.8) is 0 Å². The van der Waals surface area contributed by atoms with Crippen LogP contribution in [0.25, 0.3) is 11.1 Å². The van der Waals surface area contributed by atoms with E-state index in [1.54, 1.807) is 0 Å². The summed E-state index contributed by atoms with van der Waals surface area (Å²) >= 11 is 0. The van der Waals surface area contributed by atoms with Crippen LogP contribution in [0, 0.1) is 0 Å². The number of piperidine rings is 1. The lowest BCUT2D eigenvalue weighted by atomic mass is 9.97. The first-order valence-electron chi connectivity index (χ1n) is 10.1. The number of hydrogen-bond donors (Lipinski definition) is 0. The molecular formula is C23H27N3O2. The van der Waals surface area contributed by atoms with Gasteiger partial charge in [0.2, 0.25) is 5.91 Å². The summed E-state index contributed by atoms with van der Waals surface area (Å²) in [4.78, 5) is 21.8. The molecule has 2 aromatic carbocycles. The third-order valence-electron chi connectivity index (χ3n) is 5.43. The smallest absolute Gasteiger partial charge is 0.241 e. The molecule has 0 aliphatic carbocycles. The summed E-state index contributed by atoms with van der Waals surface area (Å²) in [5.41, 5.74) is 2.74. The number of fused-ring (bicyclic) bond motifs is 1. The molecule has 1 aliphatic rings. The van der Waals surface area contributed by atoms with Gasteiger partial charge < -0.3 is 9.32 Å². The topological polar surface area (TPSA) is 49.6 Å². The first kappa shape index (κ1) is 18.7. The lowest BCUT2D eigenvalue weighted by Gasteiger charge is -2.33. The Bertz CT molecular complexity index is 894. The van der Waals surface area contributed by atoms with E-state index in [9.17, 15) is 4.79 Å². The van der Waals surface area contributed by atoms with E-state index in [0.29, 0.717) is 12.5 Å². The van der Waals surface area contributed by atoms with Crippen molar-refractivity contribution in [3.05, 3.63) is 60.5 Å². The molecule has 0 N–H and O–H groups in total. The zero-order valence-electron chi connectivity index (χ0n) is 16.5. The Hall–Kier alpha value is -2.66. The van der Waals surface area contributed by atoms with E-state index >= 15 is 0 Å². The molecule has 4 rings (SSSR count). The number of carbonyl (C=O) groups is 1. The number of benzene rings is 2. The number of rotatable bonds is 5. The van der Waals surface area contributed by atoms with E-state index in [-0.39, 0.29) is 11.9 Å². The molecule has 0 spiro atoms. The summed E-state index contributed by atoms with van der Waals surface area (Å²) in [7, 11) is 0. The lowest BCUT2D eigenvalue weighted by molar-refractivity contribution is -0.120. The molecule has 0 atom stereocenters. The maximum absolute atomic E-state index is 13.0. The molecule has 0 unspecified atom stereocenters. The van der Waals surface area contributed by atoms with Gasteiger partial charge in [-0.3, -0.25) is 9.69 Å². The van der Waals surface area contributed by atoms with E-state index in [1.807, 2.05) is 59.5 Å². The predicted octanol–water partition coefficient (Wildman–Crippen LogP) is 4.45. The van der Waals surface area contributed by atoms with Gasteiger partial charge in [0, 0.05) is 17.6 Å². The molecule has 1 aromatic heterocycles. The van der Waals surface area contributed by atoms with Gasteiger partial charge in [0.05, 0.1) is 6.54 Å². The maximum atomic E-state index is 13.0. The number of nitrogens with zero attached hydrogens (tertiary/aromatic N) is 3. The highest BCUT2D eigenvalue weighted by molar-refractivity contribution is 5.95. The van der Waals surface area contributed by atoms with Crippen LogP contribution in [0.15, 0.2) is 59.0 Å². The van der Waals surface area contributed by atoms with Crippen LogP contribution in [0.4, 0.5) is 5.69 Å². The minimum Gasteiger partial charge on any atom is -0.440 e. The van der Waals surface area contributed by atoms with E-state index in [2.05, 4.69) is 23.7 Å². The van der Waals surface area contributed by atoms with Crippen molar-refractivity contribution >= 4 is 22.7 Å². The lowest BCUT2D eigenvalue weighted by Crippen LogP contribution is -2.45. The normalized spacial score (nSPS) is 16.0. The molecular weight excluding hydrogens is 350 g/mol. The second kappa shape index (κ2) is 8.15. The minimum atomic E-state index is 0.132. The molecule has 5 nitrogen and oxygen atoms in total. The van der Waals surface area contributed by atoms with Gasteiger partial charge in [-0.2, -0.15) is 0 Å². The molecule has 146 valence electrons. The van der Waals surface area contributed by atoms with E-state index in [1.165, 1.54) is 0 Å². The molecule has 1 fully saturated rings. The fraction of sp³-hybridized carbons (Fsp3) is 0.391. The molecule has 28 heavy (non-hydrogen) atoms. The van der Waals surface area contributed by atoms with Crippen LogP contribution in [0.2, 0.25) is 0 Å². The Kier molecular flexibility index (Phi) is 5.44. The number of carbonyl (C=O) groups excluding carboxylic acids is 1. The minimum absolute atomic E-state index is 0.132. The van der Waals surface area contributed by atoms with E-state index in [0.717, 1.165) is 48.6 Å². The van der Waals surface area contributed by atoms with Gasteiger partial charge in [-0.25, -0.2) is 4.98 Å². The van der Waals surface area contributed by atoms with Crippen molar-refractivity contribution in [2.24, 2.45) is 0 Å². The zero-order chi connectivity index (χ0) is 19.5. The predicted molar refractivity (Wildman–Crippen MR) is 111 cm³/mol. The molecule has 2 heterocycles. The first-order chi connectivity index (χ1) is 13.6. The number of para-hydroxylation sites is 3. The highest BCUT2D eigenvalue weighted by Crippen LogP contribution is 2.30. The number of hydrogen-bond acceptors (Lipinski definition) is 4. The summed E-state index contributed by atoms with van der Waals surface area (Å²) in [5.74, 6) is 1.32. The monoisotopic (exact) mass is 377 g/mol. The van der Waals surface area contributed by atoms with Crippen LogP contribution in [0.5, 0.6) is 0 Å². The summed E-state index contributed by atoms with van der Waals surface area (Å²) in [6.45, 7) is 6.34. The number of oxazole rings is 1. The zero-order valence-corrected chi connectivity index (χ0v) is 16.5. The van der Waals surface area contributed by atoms with Gasteiger partial charge in [-0.15, -0.1) is 0 Å². The third kappa shape index (κ3) is 3.94. The molecule has 1 amide bonds. The standard InChI is InChI=1S/C23H27N3O2/c1-17(2)26(19-8-4-3-5-9-19)22(27)16-25-14-12-18(13-15-25)23-24-20-10-6-7-11-21(20)28-23/h3-11,17-18H,12-16H2,1-2H3. The molecule has 3 aromatic rings. The third-order valence-corrected chi connectivity index (χ3v) is 5.43. The Morgan fingerprint density at radius 3 is 2.46 bits per heavy atom. The SMILES string of the molecule is CC(C)N(C(=O)CN1CCC(c2nc3ccccc3o2)CC1)c1ccccc1. The number of anilines is 1. The van der Waals surface area contributed by atoms with Crippen LogP contribution in [-0.4, -0.2) is 41.5 Å². The quantitative estimate of drug-likeness (QED) is 0.659. The number of amides is 1. The van der Waals surface area contributed by atoms with E-state index < -0.39 is 0 Å². The van der Waals surface area contributed by atoms with Crippen molar-refractivity contribution in [2.45, 2.75) is 38.6 Å². The molecule has 0 bridgehead atoms. The average Bonchev–Trinajstić information content (AvgIpc) is 3.13. The number of likely N-dealkylation sites (tertiary alicyclic amines) is 1. The van der Waals surface area contributed by atoms with Gasteiger partial charge in [0.15, 0.2) is 11.5 Å². The maximum Gasteiger partial charge on any atom is 0.241 e. The summed E-state index contributed by atoms with van der Waals surface area (Å²) < 4.78 is 5.95. The highest BCUT2D eigenvalue weighted by atomic mass is 16.3. The fourth-order valence-corrected chi connectivity index (χ4v) is 3.99. The molecule has 0 saturated carbocycles. The van der Waals surface area contributed by atoms with Crippen molar-refractivity contribution in [3.8, 4) is 0 Å². The van der Waals surface area contributed by atoms with Gasteiger partial charge in [-0.1, -0.05) is 30.3 Å². The fourth-order valence-electron chi connectivity index (χ4n) is 3.99. The Balaban J connectivity index is 1.37. The Labute approximate surface area is 166 Å². The highest BCUT2D eigenvalue weighted by Gasteiger charge is 2.27.